The number of carboxylic acids is 1. The predicted molar refractivity (Wildman–Crippen MR) is 70.6 cm³/mol. The second-order valence-electron chi connectivity index (χ2n) is 4.05. The molecular weight excluding hydrogens is 286 g/mol. The highest BCUT2D eigenvalue weighted by atomic mass is 79.9. The van der Waals surface area contributed by atoms with Crippen molar-refractivity contribution < 1.29 is 14.6 Å². The molecule has 0 amide bonds. The number of anilines is 1. The third kappa shape index (κ3) is 3.63. The van der Waals surface area contributed by atoms with E-state index in [0.717, 1.165) is 10.2 Å². The van der Waals surface area contributed by atoms with E-state index in [0.29, 0.717) is 5.75 Å². The molecule has 5 heteroatoms. The van der Waals surface area contributed by atoms with Crippen LogP contribution in [-0.4, -0.2) is 24.2 Å². The molecule has 0 fully saturated rings. The molecule has 0 saturated heterocycles. The molecule has 1 rings (SSSR count). The van der Waals surface area contributed by atoms with E-state index in [1.54, 1.807) is 13.2 Å². The average molecular weight is 302 g/mol. The van der Waals surface area contributed by atoms with Gasteiger partial charge in [0.05, 0.1) is 11.6 Å². The van der Waals surface area contributed by atoms with Crippen molar-refractivity contribution in [2.75, 3.05) is 12.4 Å². The van der Waals surface area contributed by atoms with Crippen LogP contribution in [0.2, 0.25) is 0 Å². The van der Waals surface area contributed by atoms with Gasteiger partial charge in [0.2, 0.25) is 0 Å². The van der Waals surface area contributed by atoms with Crippen LogP contribution in [0.1, 0.15) is 13.8 Å². The SMILES string of the molecule is COc1cc(NC(C(=O)O)C(C)C)ccc1Br. The minimum Gasteiger partial charge on any atom is -0.495 e. The van der Waals surface area contributed by atoms with Crippen molar-refractivity contribution in [3.8, 4) is 5.75 Å². The first kappa shape index (κ1) is 13.8. The van der Waals surface area contributed by atoms with Gasteiger partial charge in [0.25, 0.3) is 0 Å². The summed E-state index contributed by atoms with van der Waals surface area (Å²) in [7, 11) is 1.57. The smallest absolute Gasteiger partial charge is 0.326 e. The van der Waals surface area contributed by atoms with Crippen molar-refractivity contribution in [3.05, 3.63) is 22.7 Å². The Morgan fingerprint density at radius 2 is 2.12 bits per heavy atom. The lowest BCUT2D eigenvalue weighted by Crippen LogP contribution is -2.34. The van der Waals surface area contributed by atoms with Gasteiger partial charge in [-0.3, -0.25) is 0 Å². The van der Waals surface area contributed by atoms with Crippen LogP contribution in [-0.2, 0) is 4.79 Å². The Balaban J connectivity index is 2.90. The quantitative estimate of drug-likeness (QED) is 0.878. The minimum atomic E-state index is -0.859. The van der Waals surface area contributed by atoms with Crippen LogP contribution in [0.15, 0.2) is 22.7 Å². The van der Waals surface area contributed by atoms with Gasteiger partial charge in [0.1, 0.15) is 11.8 Å². The molecule has 2 N–H and O–H groups in total. The highest BCUT2D eigenvalue weighted by Gasteiger charge is 2.21. The average Bonchev–Trinajstić information content (AvgIpc) is 2.26. The Morgan fingerprint density at radius 1 is 1.47 bits per heavy atom. The molecule has 1 aromatic rings. The van der Waals surface area contributed by atoms with E-state index >= 15 is 0 Å². The number of ether oxygens (including phenoxy) is 1. The summed E-state index contributed by atoms with van der Waals surface area (Å²) in [4.78, 5) is 11.1. The molecule has 0 spiro atoms. The number of aliphatic carboxylic acids is 1. The molecule has 17 heavy (non-hydrogen) atoms. The predicted octanol–water partition coefficient (Wildman–Crippen LogP) is 2.98. The van der Waals surface area contributed by atoms with Gasteiger partial charge in [-0.15, -0.1) is 0 Å². The topological polar surface area (TPSA) is 58.6 Å². The molecule has 0 heterocycles. The summed E-state index contributed by atoms with van der Waals surface area (Å²) in [5.41, 5.74) is 0.728. The summed E-state index contributed by atoms with van der Waals surface area (Å²) in [6.07, 6.45) is 0. The zero-order valence-corrected chi connectivity index (χ0v) is 11.6. The fraction of sp³-hybridized carbons (Fsp3) is 0.417. The standard InChI is InChI=1S/C12H16BrNO3/c1-7(2)11(12(15)16)14-8-4-5-9(13)10(6-8)17-3/h4-7,11,14H,1-3H3,(H,15,16). The fourth-order valence-electron chi connectivity index (χ4n) is 1.44. The van der Waals surface area contributed by atoms with Gasteiger partial charge >= 0.3 is 5.97 Å². The van der Waals surface area contributed by atoms with Gasteiger partial charge in [0, 0.05) is 11.8 Å². The Kier molecular flexibility index (Phi) is 4.81. The van der Waals surface area contributed by atoms with Crippen LogP contribution >= 0.6 is 15.9 Å². The summed E-state index contributed by atoms with van der Waals surface area (Å²) in [6, 6.07) is 4.79. The fourth-order valence-corrected chi connectivity index (χ4v) is 1.85. The summed E-state index contributed by atoms with van der Waals surface area (Å²) in [5, 5.41) is 12.1. The number of carboxylic acid groups (broad SMARTS) is 1. The summed E-state index contributed by atoms with van der Waals surface area (Å²) >= 11 is 3.35. The Hall–Kier alpha value is -1.23. The molecule has 0 radical (unpaired) electrons. The molecule has 0 saturated carbocycles. The first-order valence-corrected chi connectivity index (χ1v) is 6.08. The van der Waals surface area contributed by atoms with Crippen molar-refractivity contribution in [2.24, 2.45) is 5.92 Å². The third-order valence-electron chi connectivity index (χ3n) is 2.41. The number of nitrogens with one attached hydrogen (secondary N) is 1. The van der Waals surface area contributed by atoms with Crippen molar-refractivity contribution in [2.45, 2.75) is 19.9 Å². The number of hydrogen-bond acceptors (Lipinski definition) is 3. The third-order valence-corrected chi connectivity index (χ3v) is 3.06. The van der Waals surface area contributed by atoms with Crippen molar-refractivity contribution in [3.63, 3.8) is 0 Å². The van der Waals surface area contributed by atoms with Gasteiger partial charge in [-0.05, 0) is 34.0 Å². The zero-order chi connectivity index (χ0) is 13.0. The maximum Gasteiger partial charge on any atom is 0.326 e. The van der Waals surface area contributed by atoms with Crippen LogP contribution in [0.4, 0.5) is 5.69 Å². The Morgan fingerprint density at radius 3 is 2.59 bits per heavy atom. The van der Waals surface area contributed by atoms with E-state index in [2.05, 4.69) is 21.2 Å². The highest BCUT2D eigenvalue weighted by Crippen LogP contribution is 2.28. The Bertz CT molecular complexity index is 407. The molecule has 0 aliphatic carbocycles. The molecule has 0 aromatic heterocycles. The zero-order valence-electron chi connectivity index (χ0n) is 10.0. The lowest BCUT2D eigenvalue weighted by Gasteiger charge is -2.19. The summed E-state index contributed by atoms with van der Waals surface area (Å²) in [5.74, 6) is -0.188. The van der Waals surface area contributed by atoms with Crippen LogP contribution < -0.4 is 10.1 Å². The number of carbonyl (C=O) groups is 1. The number of halogens is 1. The second-order valence-corrected chi connectivity index (χ2v) is 4.91. The molecule has 4 nitrogen and oxygen atoms in total. The van der Waals surface area contributed by atoms with Crippen LogP contribution in [0.5, 0.6) is 5.75 Å². The van der Waals surface area contributed by atoms with Crippen LogP contribution in [0.3, 0.4) is 0 Å². The summed E-state index contributed by atoms with van der Waals surface area (Å²) < 4.78 is 5.99. The van der Waals surface area contributed by atoms with E-state index < -0.39 is 12.0 Å². The van der Waals surface area contributed by atoms with E-state index in [1.807, 2.05) is 26.0 Å². The molecule has 1 aromatic carbocycles. The first-order valence-electron chi connectivity index (χ1n) is 5.28. The van der Waals surface area contributed by atoms with E-state index in [9.17, 15) is 4.79 Å². The number of benzene rings is 1. The van der Waals surface area contributed by atoms with Gasteiger partial charge < -0.3 is 15.2 Å². The number of rotatable bonds is 5. The lowest BCUT2D eigenvalue weighted by atomic mass is 10.0. The lowest BCUT2D eigenvalue weighted by molar-refractivity contribution is -0.138. The maximum atomic E-state index is 11.1. The van der Waals surface area contributed by atoms with Gasteiger partial charge in [-0.2, -0.15) is 0 Å². The van der Waals surface area contributed by atoms with Crippen LogP contribution in [0.25, 0.3) is 0 Å². The van der Waals surface area contributed by atoms with E-state index in [-0.39, 0.29) is 5.92 Å². The largest absolute Gasteiger partial charge is 0.495 e. The molecule has 94 valence electrons. The van der Waals surface area contributed by atoms with Crippen molar-refractivity contribution in [1.29, 1.82) is 0 Å². The molecule has 0 aliphatic heterocycles. The van der Waals surface area contributed by atoms with E-state index in [4.69, 9.17) is 9.84 Å². The van der Waals surface area contributed by atoms with E-state index in [1.165, 1.54) is 0 Å². The van der Waals surface area contributed by atoms with Crippen molar-refractivity contribution in [1.82, 2.24) is 0 Å². The first-order chi connectivity index (χ1) is 7.95. The molecule has 1 unspecified atom stereocenters. The minimum absolute atomic E-state index is 0.00198. The molecule has 1 atom stereocenters. The monoisotopic (exact) mass is 301 g/mol. The highest BCUT2D eigenvalue weighted by molar-refractivity contribution is 9.10. The molecule has 0 aliphatic rings. The number of hydrogen-bond donors (Lipinski definition) is 2. The van der Waals surface area contributed by atoms with Gasteiger partial charge in [-0.1, -0.05) is 13.8 Å². The second kappa shape index (κ2) is 5.91. The summed E-state index contributed by atoms with van der Waals surface area (Å²) in [6.45, 7) is 3.73. The van der Waals surface area contributed by atoms with Crippen molar-refractivity contribution >= 4 is 27.6 Å². The Labute approximate surface area is 109 Å². The molecular formula is C12H16BrNO3. The number of methoxy groups -OCH3 is 1. The maximum absolute atomic E-state index is 11.1. The van der Waals surface area contributed by atoms with Gasteiger partial charge in [0.15, 0.2) is 0 Å². The molecule has 0 bridgehead atoms. The van der Waals surface area contributed by atoms with Gasteiger partial charge in [-0.25, -0.2) is 4.79 Å². The van der Waals surface area contributed by atoms with Crippen LogP contribution in [0, 0.1) is 5.92 Å². The normalized spacial score (nSPS) is 12.3.